The molecular weight excluding hydrogens is 322 g/mol. The quantitative estimate of drug-likeness (QED) is 0.834. The van der Waals surface area contributed by atoms with Crippen molar-refractivity contribution in [2.24, 2.45) is 0 Å². The molecule has 0 amide bonds. The van der Waals surface area contributed by atoms with Crippen molar-refractivity contribution in [1.29, 1.82) is 0 Å². The summed E-state index contributed by atoms with van der Waals surface area (Å²) in [5.41, 5.74) is 2.23. The minimum atomic E-state index is -3.15. The predicted octanol–water partition coefficient (Wildman–Crippen LogP) is 3.38. The van der Waals surface area contributed by atoms with Crippen molar-refractivity contribution >= 4 is 9.84 Å². The molecule has 2 rings (SSSR count). The molecule has 5 heteroatoms. The predicted molar refractivity (Wildman–Crippen MR) is 97.3 cm³/mol. The number of para-hydroxylation sites is 1. The first kappa shape index (κ1) is 18.5. The summed E-state index contributed by atoms with van der Waals surface area (Å²) in [5.74, 6) is 0.899. The van der Waals surface area contributed by atoms with Gasteiger partial charge >= 0.3 is 0 Å². The molecule has 2 atom stereocenters. The van der Waals surface area contributed by atoms with Crippen LogP contribution in [0.1, 0.15) is 31.0 Å². The second-order valence-electron chi connectivity index (χ2n) is 6.15. The van der Waals surface area contributed by atoms with Crippen molar-refractivity contribution in [2.45, 2.75) is 37.2 Å². The monoisotopic (exact) mass is 347 g/mol. The number of rotatable bonds is 7. The molecule has 1 N–H and O–H groups in total. The molecule has 0 aliphatic carbocycles. The highest BCUT2D eigenvalue weighted by Gasteiger charge is 2.13. The van der Waals surface area contributed by atoms with Crippen LogP contribution in [0.5, 0.6) is 5.75 Å². The molecule has 0 bridgehead atoms. The lowest BCUT2D eigenvalue weighted by atomic mass is 10.0. The summed E-state index contributed by atoms with van der Waals surface area (Å²) in [7, 11) is -1.47. The number of methoxy groups -OCH3 is 1. The minimum absolute atomic E-state index is 0.128. The summed E-state index contributed by atoms with van der Waals surface area (Å²) in [6, 6.07) is 15.5. The molecule has 0 heterocycles. The van der Waals surface area contributed by atoms with E-state index in [0.717, 1.165) is 17.7 Å². The van der Waals surface area contributed by atoms with E-state index < -0.39 is 9.84 Å². The van der Waals surface area contributed by atoms with Gasteiger partial charge in [0.25, 0.3) is 0 Å². The third-order valence-corrected chi connectivity index (χ3v) is 5.19. The lowest BCUT2D eigenvalue weighted by Crippen LogP contribution is -2.30. The van der Waals surface area contributed by atoms with Gasteiger partial charge in [-0.1, -0.05) is 30.3 Å². The van der Waals surface area contributed by atoms with E-state index in [1.165, 1.54) is 11.8 Å². The first-order valence-corrected chi connectivity index (χ1v) is 9.88. The zero-order valence-electron chi connectivity index (χ0n) is 14.6. The summed E-state index contributed by atoms with van der Waals surface area (Å²) < 4.78 is 28.5. The molecule has 0 fully saturated rings. The Balaban J connectivity index is 2.02. The van der Waals surface area contributed by atoms with Crippen molar-refractivity contribution in [1.82, 2.24) is 5.32 Å². The molecule has 2 aromatic rings. The van der Waals surface area contributed by atoms with Crippen molar-refractivity contribution < 1.29 is 13.2 Å². The number of hydrogen-bond donors (Lipinski definition) is 1. The Labute approximate surface area is 144 Å². The van der Waals surface area contributed by atoms with Crippen LogP contribution >= 0.6 is 0 Å². The molecular formula is C19H25NO3S. The Bertz CT molecular complexity index is 769. The highest BCUT2D eigenvalue weighted by molar-refractivity contribution is 7.90. The maximum atomic E-state index is 11.5. The van der Waals surface area contributed by atoms with E-state index in [2.05, 4.69) is 25.2 Å². The van der Waals surface area contributed by atoms with Gasteiger partial charge in [0.1, 0.15) is 5.75 Å². The Morgan fingerprint density at radius 3 is 2.25 bits per heavy atom. The first-order chi connectivity index (χ1) is 11.3. The maximum Gasteiger partial charge on any atom is 0.175 e. The van der Waals surface area contributed by atoms with E-state index >= 15 is 0 Å². The fourth-order valence-corrected chi connectivity index (χ4v) is 3.42. The van der Waals surface area contributed by atoms with Crippen molar-refractivity contribution in [3.05, 3.63) is 59.7 Å². The van der Waals surface area contributed by atoms with Gasteiger partial charge in [0, 0.05) is 18.3 Å². The van der Waals surface area contributed by atoms with Crippen LogP contribution in [-0.4, -0.2) is 27.8 Å². The van der Waals surface area contributed by atoms with Crippen LogP contribution < -0.4 is 10.1 Å². The summed E-state index contributed by atoms with van der Waals surface area (Å²) >= 11 is 0. The van der Waals surface area contributed by atoms with Crippen LogP contribution in [0.2, 0.25) is 0 Å². The number of nitrogens with one attached hydrogen (secondary N) is 1. The molecule has 2 aromatic carbocycles. The lowest BCUT2D eigenvalue weighted by Gasteiger charge is -2.21. The average molecular weight is 347 g/mol. The molecule has 24 heavy (non-hydrogen) atoms. The van der Waals surface area contributed by atoms with Gasteiger partial charge in [0.05, 0.1) is 12.0 Å². The smallest absolute Gasteiger partial charge is 0.175 e. The molecule has 0 radical (unpaired) electrons. The summed E-state index contributed by atoms with van der Waals surface area (Å²) in [6.07, 6.45) is 2.08. The van der Waals surface area contributed by atoms with Crippen LogP contribution in [0.3, 0.4) is 0 Å². The molecule has 130 valence electrons. The number of hydrogen-bond acceptors (Lipinski definition) is 4. The van der Waals surface area contributed by atoms with Gasteiger partial charge in [0.15, 0.2) is 9.84 Å². The van der Waals surface area contributed by atoms with Crippen LogP contribution in [0.25, 0.3) is 0 Å². The van der Waals surface area contributed by atoms with Gasteiger partial charge in [-0.25, -0.2) is 8.42 Å². The fourth-order valence-electron chi connectivity index (χ4n) is 2.79. The van der Waals surface area contributed by atoms with Gasteiger partial charge in [0.2, 0.25) is 0 Å². The third kappa shape index (κ3) is 4.82. The summed E-state index contributed by atoms with van der Waals surface area (Å²) in [4.78, 5) is 0.348. The van der Waals surface area contributed by atoms with Crippen molar-refractivity contribution in [3.63, 3.8) is 0 Å². The molecule has 0 saturated carbocycles. The Kier molecular flexibility index (Phi) is 6.02. The second kappa shape index (κ2) is 7.81. The normalized spacial score (nSPS) is 14.2. The Morgan fingerprint density at radius 2 is 1.67 bits per heavy atom. The molecule has 4 nitrogen and oxygen atoms in total. The van der Waals surface area contributed by atoms with E-state index in [4.69, 9.17) is 4.74 Å². The number of ether oxygens (including phenoxy) is 1. The number of benzene rings is 2. The zero-order chi connectivity index (χ0) is 17.7. The summed E-state index contributed by atoms with van der Waals surface area (Å²) in [5, 5.41) is 3.55. The molecule has 0 spiro atoms. The van der Waals surface area contributed by atoms with Gasteiger partial charge in [-0.2, -0.15) is 0 Å². The molecule has 2 unspecified atom stereocenters. The molecule has 0 aromatic heterocycles. The summed E-state index contributed by atoms with van der Waals surface area (Å²) in [6.45, 7) is 4.21. The van der Waals surface area contributed by atoms with E-state index in [1.54, 1.807) is 19.2 Å². The second-order valence-corrected chi connectivity index (χ2v) is 8.16. The van der Waals surface area contributed by atoms with Crippen LogP contribution in [0, 0.1) is 0 Å². The van der Waals surface area contributed by atoms with Gasteiger partial charge in [-0.3, -0.25) is 0 Å². The SMILES string of the molecule is COc1ccccc1CC(C)NC(C)c1ccc(S(C)(=O)=O)cc1. The Morgan fingerprint density at radius 1 is 1.04 bits per heavy atom. The zero-order valence-corrected chi connectivity index (χ0v) is 15.4. The maximum absolute atomic E-state index is 11.5. The van der Waals surface area contributed by atoms with Crippen LogP contribution in [0.15, 0.2) is 53.4 Å². The van der Waals surface area contributed by atoms with Gasteiger partial charge in [-0.15, -0.1) is 0 Å². The number of sulfone groups is 1. The van der Waals surface area contributed by atoms with Gasteiger partial charge < -0.3 is 10.1 Å². The fraction of sp³-hybridized carbons (Fsp3) is 0.368. The van der Waals surface area contributed by atoms with E-state index in [1.807, 2.05) is 30.3 Å². The highest BCUT2D eigenvalue weighted by Crippen LogP contribution is 2.21. The lowest BCUT2D eigenvalue weighted by molar-refractivity contribution is 0.403. The van der Waals surface area contributed by atoms with Crippen LogP contribution in [0.4, 0.5) is 0 Å². The van der Waals surface area contributed by atoms with Crippen molar-refractivity contribution in [3.8, 4) is 5.75 Å². The minimum Gasteiger partial charge on any atom is -0.496 e. The van der Waals surface area contributed by atoms with E-state index in [-0.39, 0.29) is 12.1 Å². The highest BCUT2D eigenvalue weighted by atomic mass is 32.2. The topological polar surface area (TPSA) is 55.4 Å². The van der Waals surface area contributed by atoms with E-state index in [9.17, 15) is 8.42 Å². The van der Waals surface area contributed by atoms with Gasteiger partial charge in [-0.05, 0) is 49.6 Å². The standard InChI is InChI=1S/C19H25NO3S/c1-14(13-17-7-5-6-8-19(17)23-3)20-15(2)16-9-11-18(12-10-16)24(4,21)22/h5-12,14-15,20H,13H2,1-4H3. The Hall–Kier alpha value is -1.85. The largest absolute Gasteiger partial charge is 0.496 e. The third-order valence-electron chi connectivity index (χ3n) is 4.06. The molecule has 0 saturated heterocycles. The van der Waals surface area contributed by atoms with Crippen molar-refractivity contribution in [2.75, 3.05) is 13.4 Å². The first-order valence-electron chi connectivity index (χ1n) is 7.99. The van der Waals surface area contributed by atoms with Crippen LogP contribution in [-0.2, 0) is 16.3 Å². The molecule has 0 aliphatic heterocycles. The average Bonchev–Trinajstić information content (AvgIpc) is 2.54. The van der Waals surface area contributed by atoms with E-state index in [0.29, 0.717) is 4.90 Å². The molecule has 0 aliphatic rings.